The third-order valence-corrected chi connectivity index (χ3v) is 7.26. The fraction of sp³-hybridized carbons (Fsp3) is 0.323. The van der Waals surface area contributed by atoms with Crippen molar-refractivity contribution in [2.75, 3.05) is 14.1 Å². The third kappa shape index (κ3) is 5.65. The monoisotopic (exact) mass is 497 g/mol. The minimum absolute atomic E-state index is 0.119. The van der Waals surface area contributed by atoms with Crippen molar-refractivity contribution in [2.24, 2.45) is 0 Å². The lowest BCUT2D eigenvalue weighted by Crippen LogP contribution is -2.34. The average molecular weight is 498 g/mol. The highest BCUT2D eigenvalue weighted by molar-refractivity contribution is 5.41. The molecule has 1 aliphatic carbocycles. The van der Waals surface area contributed by atoms with Crippen LogP contribution in [0.25, 0.3) is 11.4 Å². The van der Waals surface area contributed by atoms with Gasteiger partial charge in [0.15, 0.2) is 0 Å². The molecule has 4 aromatic rings. The largest absolute Gasteiger partial charge is 0.490 e. The van der Waals surface area contributed by atoms with E-state index in [-0.39, 0.29) is 17.8 Å². The molecule has 0 saturated heterocycles. The molecule has 3 aromatic carbocycles. The first kappa shape index (κ1) is 24.9. The van der Waals surface area contributed by atoms with E-state index in [1.165, 1.54) is 12.8 Å². The Morgan fingerprint density at radius 1 is 0.784 bits per heavy atom. The molecule has 0 aliphatic heterocycles. The van der Waals surface area contributed by atoms with Crippen molar-refractivity contribution in [2.45, 2.75) is 50.9 Å². The molecule has 2 atom stereocenters. The molecule has 1 fully saturated rings. The van der Waals surface area contributed by atoms with Gasteiger partial charge in [0.2, 0.25) is 0 Å². The minimum Gasteiger partial charge on any atom is -0.490 e. The highest BCUT2D eigenvalue weighted by Gasteiger charge is 2.23. The molecular formula is C31H35N3O3. The van der Waals surface area contributed by atoms with Crippen LogP contribution in [0.1, 0.15) is 44.3 Å². The van der Waals surface area contributed by atoms with Crippen molar-refractivity contribution in [3.8, 4) is 22.9 Å². The Bertz CT molecular complexity index is 1340. The summed E-state index contributed by atoms with van der Waals surface area (Å²) < 4.78 is 15.8. The molecule has 0 amide bonds. The molecule has 0 radical (unpaired) electrons. The van der Waals surface area contributed by atoms with Crippen LogP contribution in [-0.2, 0) is 0 Å². The normalized spacial score (nSPS) is 15.6. The Morgan fingerprint density at radius 3 is 1.86 bits per heavy atom. The fourth-order valence-corrected chi connectivity index (χ4v) is 4.84. The number of benzene rings is 3. The first-order chi connectivity index (χ1) is 18.0. The molecular weight excluding hydrogens is 462 g/mol. The van der Waals surface area contributed by atoms with E-state index in [9.17, 15) is 4.79 Å². The molecule has 5 rings (SSSR count). The van der Waals surface area contributed by atoms with Crippen LogP contribution < -0.4 is 15.2 Å². The zero-order chi connectivity index (χ0) is 25.8. The van der Waals surface area contributed by atoms with Crippen LogP contribution in [0, 0.1) is 0 Å². The summed E-state index contributed by atoms with van der Waals surface area (Å²) in [5, 5.41) is 0. The standard InChI is InChI=1S/C31H35N3O3/c1-23(32(2)3)30(24-9-5-4-6-10-24)37-29-19-15-26(16-20-29)34-22-21-33(31(34)35)25-13-17-28(18-14-25)36-27-11-7-8-12-27/h4-6,9-10,13-23,27,30H,7-8,11-12H2,1-3H3. The summed E-state index contributed by atoms with van der Waals surface area (Å²) in [5.41, 5.74) is 2.60. The van der Waals surface area contributed by atoms with E-state index < -0.39 is 0 Å². The predicted octanol–water partition coefficient (Wildman–Crippen LogP) is 6.02. The average Bonchev–Trinajstić information content (AvgIpc) is 3.58. The molecule has 0 N–H and O–H groups in total. The number of nitrogens with zero attached hydrogens (tertiary/aromatic N) is 3. The van der Waals surface area contributed by atoms with Gasteiger partial charge in [0.1, 0.15) is 17.6 Å². The third-order valence-electron chi connectivity index (χ3n) is 7.26. The number of ether oxygens (including phenoxy) is 2. The van der Waals surface area contributed by atoms with Crippen molar-refractivity contribution >= 4 is 0 Å². The van der Waals surface area contributed by atoms with E-state index in [0.29, 0.717) is 6.10 Å². The summed E-state index contributed by atoms with van der Waals surface area (Å²) >= 11 is 0. The molecule has 1 heterocycles. The van der Waals surface area contributed by atoms with Gasteiger partial charge in [-0.2, -0.15) is 0 Å². The van der Waals surface area contributed by atoms with Gasteiger partial charge in [0, 0.05) is 18.4 Å². The van der Waals surface area contributed by atoms with Gasteiger partial charge in [-0.3, -0.25) is 9.13 Å². The number of hydrogen-bond donors (Lipinski definition) is 0. The van der Waals surface area contributed by atoms with E-state index in [0.717, 1.165) is 41.3 Å². The Labute approximate surface area is 218 Å². The highest BCUT2D eigenvalue weighted by Crippen LogP contribution is 2.28. The Kier molecular flexibility index (Phi) is 7.47. The van der Waals surface area contributed by atoms with E-state index in [1.807, 2.05) is 66.7 Å². The maximum absolute atomic E-state index is 13.2. The van der Waals surface area contributed by atoms with Gasteiger partial charge in [0.05, 0.1) is 17.5 Å². The summed E-state index contributed by atoms with van der Waals surface area (Å²) in [6, 6.07) is 25.9. The second kappa shape index (κ2) is 11.1. The van der Waals surface area contributed by atoms with Gasteiger partial charge in [-0.05, 0) is 101 Å². The first-order valence-corrected chi connectivity index (χ1v) is 13.0. The molecule has 192 valence electrons. The zero-order valence-corrected chi connectivity index (χ0v) is 21.8. The highest BCUT2D eigenvalue weighted by atomic mass is 16.5. The molecule has 0 spiro atoms. The van der Waals surface area contributed by atoms with Crippen LogP contribution in [0.15, 0.2) is 96.1 Å². The lowest BCUT2D eigenvalue weighted by atomic mass is 10.0. The lowest BCUT2D eigenvalue weighted by Gasteiger charge is -2.30. The SMILES string of the molecule is CC(C(Oc1ccc(-n2ccn(-c3ccc(OC4CCCC4)cc3)c2=O)cc1)c1ccccc1)N(C)C. The van der Waals surface area contributed by atoms with Crippen LogP contribution in [0.4, 0.5) is 0 Å². The number of likely N-dealkylation sites (N-methyl/N-ethyl adjacent to an activating group) is 1. The van der Waals surface area contributed by atoms with Crippen molar-refractivity contribution in [3.63, 3.8) is 0 Å². The Morgan fingerprint density at radius 2 is 1.32 bits per heavy atom. The molecule has 37 heavy (non-hydrogen) atoms. The van der Waals surface area contributed by atoms with Crippen LogP contribution in [0.2, 0.25) is 0 Å². The fourth-order valence-electron chi connectivity index (χ4n) is 4.84. The van der Waals surface area contributed by atoms with Crippen LogP contribution >= 0.6 is 0 Å². The Hall–Kier alpha value is -3.77. The van der Waals surface area contributed by atoms with E-state index in [2.05, 4.69) is 38.1 Å². The van der Waals surface area contributed by atoms with Gasteiger partial charge in [-0.25, -0.2) is 4.79 Å². The summed E-state index contributed by atoms with van der Waals surface area (Å²) in [7, 11) is 4.11. The van der Waals surface area contributed by atoms with Crippen LogP contribution in [-0.4, -0.2) is 40.3 Å². The molecule has 1 aromatic heterocycles. The number of imidazole rings is 1. The molecule has 1 saturated carbocycles. The first-order valence-electron chi connectivity index (χ1n) is 13.0. The topological polar surface area (TPSA) is 48.6 Å². The van der Waals surface area contributed by atoms with Gasteiger partial charge in [-0.1, -0.05) is 30.3 Å². The second-order valence-corrected chi connectivity index (χ2v) is 9.99. The summed E-state index contributed by atoms with van der Waals surface area (Å²) in [4.78, 5) is 15.4. The van der Waals surface area contributed by atoms with Gasteiger partial charge < -0.3 is 14.4 Å². The summed E-state index contributed by atoms with van der Waals surface area (Å²) in [5.74, 6) is 1.62. The van der Waals surface area contributed by atoms with Crippen LogP contribution in [0.5, 0.6) is 11.5 Å². The van der Waals surface area contributed by atoms with Gasteiger partial charge in [0.25, 0.3) is 0 Å². The van der Waals surface area contributed by atoms with E-state index in [4.69, 9.17) is 9.47 Å². The van der Waals surface area contributed by atoms with Crippen molar-refractivity contribution < 1.29 is 9.47 Å². The van der Waals surface area contributed by atoms with E-state index in [1.54, 1.807) is 21.5 Å². The maximum atomic E-state index is 13.2. The van der Waals surface area contributed by atoms with E-state index >= 15 is 0 Å². The molecule has 6 nitrogen and oxygen atoms in total. The summed E-state index contributed by atoms with van der Waals surface area (Å²) in [6.45, 7) is 2.15. The quantitative estimate of drug-likeness (QED) is 0.284. The molecule has 6 heteroatoms. The van der Waals surface area contributed by atoms with Crippen molar-refractivity contribution in [3.05, 3.63) is 107 Å². The number of hydrogen-bond acceptors (Lipinski definition) is 4. The molecule has 2 unspecified atom stereocenters. The summed E-state index contributed by atoms with van der Waals surface area (Å²) in [6.07, 6.45) is 8.50. The minimum atomic E-state index is -0.124. The number of rotatable bonds is 9. The van der Waals surface area contributed by atoms with Gasteiger partial charge in [-0.15, -0.1) is 0 Å². The van der Waals surface area contributed by atoms with Gasteiger partial charge >= 0.3 is 5.69 Å². The zero-order valence-electron chi connectivity index (χ0n) is 21.8. The smallest absolute Gasteiger partial charge is 0.337 e. The Balaban J connectivity index is 1.31. The van der Waals surface area contributed by atoms with Crippen LogP contribution in [0.3, 0.4) is 0 Å². The predicted molar refractivity (Wildman–Crippen MR) is 147 cm³/mol. The number of aromatic nitrogens is 2. The maximum Gasteiger partial charge on any atom is 0.337 e. The lowest BCUT2D eigenvalue weighted by molar-refractivity contribution is 0.107. The molecule has 0 bridgehead atoms. The van der Waals surface area contributed by atoms with Crippen molar-refractivity contribution in [1.82, 2.24) is 14.0 Å². The molecule has 1 aliphatic rings. The van der Waals surface area contributed by atoms with Crippen molar-refractivity contribution in [1.29, 1.82) is 0 Å². The second-order valence-electron chi connectivity index (χ2n) is 9.99.